The molecule has 2 aliphatic heterocycles. The number of fused-ring (bicyclic) bond motifs is 1. The average molecular weight is 449 g/mol. The Balaban J connectivity index is 1.65. The predicted molar refractivity (Wildman–Crippen MR) is 125 cm³/mol. The fourth-order valence-electron chi connectivity index (χ4n) is 4.82. The van der Waals surface area contributed by atoms with Crippen LogP contribution >= 0.6 is 0 Å². The summed E-state index contributed by atoms with van der Waals surface area (Å²) in [6.07, 6.45) is 2.71. The average Bonchev–Trinajstić information content (AvgIpc) is 3.39. The number of rotatable bonds is 5. The quantitative estimate of drug-likeness (QED) is 0.744. The normalized spacial score (nSPS) is 20.1. The van der Waals surface area contributed by atoms with Gasteiger partial charge >= 0.3 is 0 Å². The van der Waals surface area contributed by atoms with Crippen LogP contribution in [0.15, 0.2) is 30.3 Å². The number of nitrogens with one attached hydrogen (secondary N) is 1. The third-order valence-electron chi connectivity index (χ3n) is 6.78. The minimum absolute atomic E-state index is 0.0165. The van der Waals surface area contributed by atoms with Crippen molar-refractivity contribution in [2.24, 2.45) is 0 Å². The molecule has 1 unspecified atom stereocenters. The molecule has 0 spiro atoms. The van der Waals surface area contributed by atoms with E-state index in [1.54, 1.807) is 18.2 Å². The molecule has 1 fully saturated rings. The molecule has 3 heterocycles. The first-order chi connectivity index (χ1) is 15.7. The van der Waals surface area contributed by atoms with Crippen LogP contribution in [0.3, 0.4) is 0 Å². The van der Waals surface area contributed by atoms with E-state index in [1.807, 2.05) is 42.4 Å². The fraction of sp³-hybridized carbons (Fsp3) is 0.500. The molecular weight excluding hydrogens is 416 g/mol. The van der Waals surface area contributed by atoms with Gasteiger partial charge in [-0.25, -0.2) is 0 Å². The van der Waals surface area contributed by atoms with Crippen molar-refractivity contribution >= 4 is 11.8 Å². The van der Waals surface area contributed by atoms with Crippen LogP contribution in [0.4, 0.5) is 0 Å². The third kappa shape index (κ3) is 4.53. The zero-order valence-corrected chi connectivity index (χ0v) is 19.9. The lowest BCUT2D eigenvalue weighted by Gasteiger charge is -2.34. The Labute approximate surface area is 195 Å². The minimum atomic E-state index is -0.417. The maximum Gasteiger partial charge on any atom is 0.270 e. The second kappa shape index (κ2) is 9.03. The number of carbonyl (C=O) groups is 2. The molecule has 7 nitrogen and oxygen atoms in total. The molecule has 2 aromatic rings. The van der Waals surface area contributed by atoms with Crippen LogP contribution in [-0.2, 0) is 17.9 Å². The van der Waals surface area contributed by atoms with Gasteiger partial charge < -0.3 is 19.5 Å². The van der Waals surface area contributed by atoms with E-state index in [0.29, 0.717) is 29.8 Å². The number of carbonyl (C=O) groups excluding carboxylic acids is 2. The smallest absolute Gasteiger partial charge is 0.270 e. The summed E-state index contributed by atoms with van der Waals surface area (Å²) in [5, 5.41) is 12.2. The zero-order valence-electron chi connectivity index (χ0n) is 19.9. The Hall–Kier alpha value is -3.11. The van der Waals surface area contributed by atoms with Gasteiger partial charge in [0.1, 0.15) is 5.69 Å². The molecule has 2 aliphatic rings. The van der Waals surface area contributed by atoms with Gasteiger partial charge in [-0.3, -0.25) is 9.59 Å². The topological polar surface area (TPSA) is 87.4 Å². The fourth-order valence-corrected chi connectivity index (χ4v) is 4.82. The molecular formula is C26H32N4O3. The van der Waals surface area contributed by atoms with E-state index in [2.05, 4.69) is 18.3 Å². The molecule has 4 rings (SSSR count). The molecule has 7 heteroatoms. The van der Waals surface area contributed by atoms with Gasteiger partial charge in [0.25, 0.3) is 11.8 Å². The summed E-state index contributed by atoms with van der Waals surface area (Å²) in [5.74, 6) is -0.232. The van der Waals surface area contributed by atoms with Gasteiger partial charge in [-0.1, -0.05) is 19.1 Å². The van der Waals surface area contributed by atoms with E-state index in [1.165, 1.54) is 0 Å². The van der Waals surface area contributed by atoms with Gasteiger partial charge in [0.05, 0.1) is 47.7 Å². The van der Waals surface area contributed by atoms with Gasteiger partial charge in [0.15, 0.2) is 0 Å². The molecule has 1 N–H and O–H groups in total. The van der Waals surface area contributed by atoms with Crippen molar-refractivity contribution in [3.05, 3.63) is 58.4 Å². The number of likely N-dealkylation sites (tertiary alicyclic amines) is 1. The van der Waals surface area contributed by atoms with Gasteiger partial charge in [-0.15, -0.1) is 0 Å². The number of hydrogen-bond acceptors (Lipinski definition) is 4. The number of nitrogens with zero attached hydrogens (tertiary/aromatic N) is 3. The monoisotopic (exact) mass is 448 g/mol. The van der Waals surface area contributed by atoms with Crippen LogP contribution in [0.1, 0.15) is 90.7 Å². The number of nitriles is 1. The Morgan fingerprint density at radius 3 is 2.64 bits per heavy atom. The summed E-state index contributed by atoms with van der Waals surface area (Å²) in [6.45, 7) is 9.64. The van der Waals surface area contributed by atoms with Crippen molar-refractivity contribution in [3.63, 3.8) is 0 Å². The zero-order chi connectivity index (χ0) is 23.8. The van der Waals surface area contributed by atoms with Crippen LogP contribution in [0.25, 0.3) is 0 Å². The van der Waals surface area contributed by atoms with Crippen LogP contribution in [0, 0.1) is 11.3 Å². The second-order valence-electron chi connectivity index (χ2n) is 9.68. The first-order valence-corrected chi connectivity index (χ1v) is 11.7. The van der Waals surface area contributed by atoms with Gasteiger partial charge in [-0.05, 0) is 63.8 Å². The Bertz CT molecular complexity index is 1090. The van der Waals surface area contributed by atoms with E-state index in [0.717, 1.165) is 30.6 Å². The molecule has 0 saturated carbocycles. The van der Waals surface area contributed by atoms with E-state index >= 15 is 0 Å². The maximum absolute atomic E-state index is 13.4. The van der Waals surface area contributed by atoms with Crippen LogP contribution in [0.2, 0.25) is 0 Å². The summed E-state index contributed by atoms with van der Waals surface area (Å²) < 4.78 is 7.99. The number of ether oxygens (including phenoxy) is 1. The standard InChI is InChI=1S/C26H32N4O3/c1-5-21(19-10-8-18(14-27)9-11-19)28-24(31)20-13-22(25(32)29-12-6-7-17(29)2)30-16-26(3,4)33-15-23(20)30/h8-11,13,17,21H,5-7,12,15-16H2,1-4H3,(H,28,31)/t17?,21-/m1/s1. The summed E-state index contributed by atoms with van der Waals surface area (Å²) in [4.78, 5) is 28.8. The van der Waals surface area contributed by atoms with Crippen molar-refractivity contribution in [3.8, 4) is 6.07 Å². The lowest BCUT2D eigenvalue weighted by Crippen LogP contribution is -2.40. The number of hydrogen-bond donors (Lipinski definition) is 1. The van der Waals surface area contributed by atoms with Crippen LogP contribution < -0.4 is 5.32 Å². The molecule has 1 aromatic heterocycles. The molecule has 0 aliphatic carbocycles. The molecule has 2 amide bonds. The first-order valence-electron chi connectivity index (χ1n) is 11.7. The highest BCUT2D eigenvalue weighted by molar-refractivity contribution is 6.01. The lowest BCUT2D eigenvalue weighted by molar-refractivity contribution is -0.0632. The van der Waals surface area contributed by atoms with E-state index in [-0.39, 0.29) is 30.5 Å². The molecule has 2 atom stereocenters. The summed E-state index contributed by atoms with van der Waals surface area (Å²) in [5.41, 5.74) is 2.91. The minimum Gasteiger partial charge on any atom is -0.367 e. The molecule has 174 valence electrons. The van der Waals surface area contributed by atoms with E-state index in [9.17, 15) is 9.59 Å². The van der Waals surface area contributed by atoms with Crippen molar-refractivity contribution in [1.82, 2.24) is 14.8 Å². The SMILES string of the molecule is CC[C@@H](NC(=O)c1cc(C(=O)N2CCCC2C)n2c1COC(C)(C)C2)c1ccc(C#N)cc1. The lowest BCUT2D eigenvalue weighted by atomic mass is 10.0. The third-order valence-corrected chi connectivity index (χ3v) is 6.78. The Morgan fingerprint density at radius 2 is 2.03 bits per heavy atom. The highest BCUT2D eigenvalue weighted by Gasteiger charge is 2.36. The number of aromatic nitrogens is 1. The largest absolute Gasteiger partial charge is 0.367 e. The molecule has 1 saturated heterocycles. The Kier molecular flexibility index (Phi) is 6.31. The van der Waals surface area contributed by atoms with Crippen LogP contribution in [-0.4, -0.2) is 39.5 Å². The van der Waals surface area contributed by atoms with Crippen molar-refractivity contribution in [2.75, 3.05) is 6.54 Å². The van der Waals surface area contributed by atoms with Gasteiger partial charge in [0.2, 0.25) is 0 Å². The molecule has 33 heavy (non-hydrogen) atoms. The predicted octanol–water partition coefficient (Wildman–Crippen LogP) is 4.17. The summed E-state index contributed by atoms with van der Waals surface area (Å²) in [6, 6.07) is 11.1. The number of benzene rings is 1. The highest BCUT2D eigenvalue weighted by atomic mass is 16.5. The van der Waals surface area contributed by atoms with Crippen molar-refractivity contribution in [2.45, 2.75) is 77.8 Å². The highest BCUT2D eigenvalue weighted by Crippen LogP contribution is 2.31. The number of amides is 2. The van der Waals surface area contributed by atoms with Crippen LogP contribution in [0.5, 0.6) is 0 Å². The molecule has 0 bridgehead atoms. The molecule has 1 aromatic carbocycles. The maximum atomic E-state index is 13.4. The van der Waals surface area contributed by atoms with Gasteiger partial charge in [0, 0.05) is 12.6 Å². The summed E-state index contributed by atoms with van der Waals surface area (Å²) in [7, 11) is 0. The summed E-state index contributed by atoms with van der Waals surface area (Å²) >= 11 is 0. The van der Waals surface area contributed by atoms with Gasteiger partial charge in [-0.2, -0.15) is 5.26 Å². The Morgan fingerprint density at radius 1 is 1.30 bits per heavy atom. The first kappa shape index (κ1) is 23.1. The van der Waals surface area contributed by atoms with Crippen molar-refractivity contribution in [1.29, 1.82) is 5.26 Å². The van der Waals surface area contributed by atoms with Crippen molar-refractivity contribution < 1.29 is 14.3 Å². The van der Waals surface area contributed by atoms with E-state index < -0.39 is 5.60 Å². The second-order valence-corrected chi connectivity index (χ2v) is 9.68. The molecule has 0 radical (unpaired) electrons. The van der Waals surface area contributed by atoms with E-state index in [4.69, 9.17) is 10.00 Å².